The number of thiophene rings is 1. The first-order chi connectivity index (χ1) is 11.5. The Hall–Kier alpha value is -2.47. The number of carbonyl (C=O) groups excluding carboxylic acids is 2. The van der Waals surface area contributed by atoms with Crippen molar-refractivity contribution < 1.29 is 9.59 Å². The van der Waals surface area contributed by atoms with E-state index < -0.39 is 0 Å². The first-order valence-electron chi connectivity index (χ1n) is 7.78. The number of nitrogens with zero attached hydrogens (tertiary/aromatic N) is 2. The Kier molecular flexibility index (Phi) is 4.76. The van der Waals surface area contributed by atoms with Crippen LogP contribution in [0.25, 0.3) is 0 Å². The lowest BCUT2D eigenvalue weighted by Gasteiger charge is -2.16. The van der Waals surface area contributed by atoms with Gasteiger partial charge in [-0.1, -0.05) is 17.7 Å². The highest BCUT2D eigenvalue weighted by atomic mass is 32.1. The molecule has 2 heterocycles. The topological polar surface area (TPSA) is 61.8 Å². The molecule has 1 aromatic carbocycles. The van der Waals surface area contributed by atoms with E-state index in [-0.39, 0.29) is 24.2 Å². The number of aryl methyl sites for hydroxylation is 2. The quantitative estimate of drug-likeness (QED) is 0.686. The van der Waals surface area contributed by atoms with Crippen molar-refractivity contribution >= 4 is 35.1 Å². The Bertz CT molecular complexity index is 780. The van der Waals surface area contributed by atoms with Gasteiger partial charge in [-0.2, -0.15) is 5.10 Å². The summed E-state index contributed by atoms with van der Waals surface area (Å²) >= 11 is 1.57. The summed E-state index contributed by atoms with van der Waals surface area (Å²) in [6.45, 7) is 4.38. The van der Waals surface area contributed by atoms with Gasteiger partial charge in [-0.05, 0) is 43.0 Å². The molecule has 1 aromatic heterocycles. The van der Waals surface area contributed by atoms with Crippen LogP contribution in [0.2, 0.25) is 0 Å². The molecule has 2 amide bonds. The minimum Gasteiger partial charge on any atom is -0.312 e. The summed E-state index contributed by atoms with van der Waals surface area (Å²) in [5, 5.41) is 5.99. The summed E-state index contributed by atoms with van der Waals surface area (Å²) in [5.74, 6) is -0.624. The van der Waals surface area contributed by atoms with Gasteiger partial charge in [-0.3, -0.25) is 9.59 Å². The fraction of sp³-hybridized carbons (Fsp3) is 0.278. The lowest BCUT2D eigenvalue weighted by Crippen LogP contribution is -2.30. The number of hydrazone groups is 1. The van der Waals surface area contributed by atoms with Gasteiger partial charge in [0.2, 0.25) is 11.8 Å². The third kappa shape index (κ3) is 3.54. The summed E-state index contributed by atoms with van der Waals surface area (Å²) < 4.78 is 0. The summed E-state index contributed by atoms with van der Waals surface area (Å²) in [6.07, 6.45) is 1.86. The maximum absolute atomic E-state index is 12.2. The van der Waals surface area contributed by atoms with Crippen LogP contribution in [-0.2, 0) is 9.59 Å². The zero-order chi connectivity index (χ0) is 17.1. The first kappa shape index (κ1) is 16.4. The number of rotatable bonds is 4. The second kappa shape index (κ2) is 6.97. The van der Waals surface area contributed by atoms with E-state index in [1.807, 2.05) is 49.6 Å². The van der Waals surface area contributed by atoms with Crippen molar-refractivity contribution in [2.24, 2.45) is 11.0 Å². The Morgan fingerprint density at radius 1 is 1.29 bits per heavy atom. The monoisotopic (exact) mass is 341 g/mol. The molecule has 124 valence electrons. The van der Waals surface area contributed by atoms with Crippen molar-refractivity contribution in [1.29, 1.82) is 0 Å². The van der Waals surface area contributed by atoms with Crippen molar-refractivity contribution in [2.45, 2.75) is 20.3 Å². The second-order valence-corrected chi connectivity index (χ2v) is 6.89. The predicted molar refractivity (Wildman–Crippen MR) is 96.4 cm³/mol. The van der Waals surface area contributed by atoms with Crippen LogP contribution in [0, 0.1) is 19.8 Å². The van der Waals surface area contributed by atoms with Gasteiger partial charge in [-0.25, -0.2) is 5.43 Å². The van der Waals surface area contributed by atoms with Crippen LogP contribution >= 0.6 is 11.3 Å². The van der Waals surface area contributed by atoms with Crippen LogP contribution in [0.4, 0.5) is 5.69 Å². The van der Waals surface area contributed by atoms with Gasteiger partial charge in [0.1, 0.15) is 0 Å². The Balaban J connectivity index is 1.60. The zero-order valence-corrected chi connectivity index (χ0v) is 14.5. The van der Waals surface area contributed by atoms with E-state index in [1.165, 1.54) is 0 Å². The minimum absolute atomic E-state index is 0.0305. The van der Waals surface area contributed by atoms with E-state index in [1.54, 1.807) is 22.5 Å². The Morgan fingerprint density at radius 3 is 2.71 bits per heavy atom. The molecular weight excluding hydrogens is 322 g/mol. The molecule has 0 spiro atoms. The van der Waals surface area contributed by atoms with Crippen LogP contribution in [0.1, 0.15) is 22.4 Å². The van der Waals surface area contributed by atoms with Gasteiger partial charge >= 0.3 is 0 Å². The number of benzene rings is 1. The van der Waals surface area contributed by atoms with Crippen LogP contribution in [0.5, 0.6) is 0 Å². The summed E-state index contributed by atoms with van der Waals surface area (Å²) in [6, 6.07) is 9.74. The van der Waals surface area contributed by atoms with Crippen LogP contribution in [0.3, 0.4) is 0 Å². The summed E-state index contributed by atoms with van der Waals surface area (Å²) in [5.41, 5.74) is 5.64. The number of hydrogen-bond donors (Lipinski definition) is 1. The molecule has 24 heavy (non-hydrogen) atoms. The van der Waals surface area contributed by atoms with Crippen LogP contribution in [0.15, 0.2) is 40.8 Å². The molecule has 0 saturated carbocycles. The maximum Gasteiger partial charge on any atom is 0.245 e. The highest BCUT2D eigenvalue weighted by Gasteiger charge is 2.35. The number of nitrogens with one attached hydrogen (secondary N) is 1. The van der Waals surface area contributed by atoms with E-state index >= 15 is 0 Å². The smallest absolute Gasteiger partial charge is 0.245 e. The molecule has 1 aliphatic rings. The van der Waals surface area contributed by atoms with Crippen LogP contribution < -0.4 is 10.3 Å². The van der Waals surface area contributed by atoms with Crippen molar-refractivity contribution in [2.75, 3.05) is 11.4 Å². The standard InChI is InChI=1S/C18H19N3O2S/c1-12-3-5-15(6-4-12)21-11-14(9-17(21)22)18(23)20-19-10-16-13(2)7-8-24-16/h3-8,10,14H,9,11H2,1-2H3,(H,20,23)/b19-10-/t14-/m1/s1. The molecule has 6 heteroatoms. The van der Waals surface area contributed by atoms with E-state index in [9.17, 15) is 9.59 Å². The Labute approximate surface area is 145 Å². The van der Waals surface area contributed by atoms with Gasteiger partial charge in [-0.15, -0.1) is 11.3 Å². The zero-order valence-electron chi connectivity index (χ0n) is 13.7. The minimum atomic E-state index is -0.375. The number of amides is 2. The van der Waals surface area contributed by atoms with E-state index in [0.29, 0.717) is 6.54 Å². The van der Waals surface area contributed by atoms with Crippen molar-refractivity contribution in [1.82, 2.24) is 5.43 Å². The molecule has 3 rings (SSSR count). The normalized spacial score (nSPS) is 17.7. The molecule has 1 fully saturated rings. The molecule has 1 atom stereocenters. The summed E-state index contributed by atoms with van der Waals surface area (Å²) in [7, 11) is 0. The number of anilines is 1. The largest absolute Gasteiger partial charge is 0.312 e. The molecule has 0 aliphatic carbocycles. The van der Waals surface area contributed by atoms with E-state index in [2.05, 4.69) is 10.5 Å². The molecule has 0 radical (unpaired) electrons. The molecular formula is C18H19N3O2S. The summed E-state index contributed by atoms with van der Waals surface area (Å²) in [4.78, 5) is 27.1. The molecule has 1 aliphatic heterocycles. The first-order valence-corrected chi connectivity index (χ1v) is 8.66. The average molecular weight is 341 g/mol. The third-order valence-electron chi connectivity index (χ3n) is 4.10. The van der Waals surface area contributed by atoms with Gasteiger partial charge in [0, 0.05) is 23.5 Å². The fourth-order valence-electron chi connectivity index (χ4n) is 2.62. The average Bonchev–Trinajstić information content (AvgIpc) is 3.14. The molecule has 0 bridgehead atoms. The fourth-order valence-corrected chi connectivity index (χ4v) is 3.41. The van der Waals surface area contributed by atoms with Crippen molar-refractivity contribution in [3.63, 3.8) is 0 Å². The Morgan fingerprint density at radius 2 is 2.04 bits per heavy atom. The highest BCUT2D eigenvalue weighted by molar-refractivity contribution is 7.11. The van der Waals surface area contributed by atoms with Crippen LogP contribution in [-0.4, -0.2) is 24.6 Å². The second-order valence-electron chi connectivity index (χ2n) is 5.94. The number of carbonyl (C=O) groups is 2. The lowest BCUT2D eigenvalue weighted by molar-refractivity contribution is -0.126. The molecule has 1 N–H and O–H groups in total. The SMILES string of the molecule is Cc1ccc(N2C[C@H](C(=O)N/N=C\c3sccc3C)CC2=O)cc1. The van der Waals surface area contributed by atoms with E-state index in [0.717, 1.165) is 21.7 Å². The molecule has 1 saturated heterocycles. The predicted octanol–water partition coefficient (Wildman–Crippen LogP) is 2.87. The number of hydrogen-bond acceptors (Lipinski definition) is 4. The van der Waals surface area contributed by atoms with Gasteiger partial charge in [0.25, 0.3) is 0 Å². The van der Waals surface area contributed by atoms with Crippen molar-refractivity contribution in [3.05, 3.63) is 51.7 Å². The maximum atomic E-state index is 12.2. The lowest BCUT2D eigenvalue weighted by atomic mass is 10.1. The van der Waals surface area contributed by atoms with E-state index in [4.69, 9.17) is 0 Å². The van der Waals surface area contributed by atoms with Gasteiger partial charge in [0.05, 0.1) is 12.1 Å². The van der Waals surface area contributed by atoms with Crippen molar-refractivity contribution in [3.8, 4) is 0 Å². The van der Waals surface area contributed by atoms with Gasteiger partial charge in [0.15, 0.2) is 0 Å². The third-order valence-corrected chi connectivity index (χ3v) is 5.05. The highest BCUT2D eigenvalue weighted by Crippen LogP contribution is 2.25. The molecule has 2 aromatic rings. The molecule has 5 nitrogen and oxygen atoms in total. The molecule has 0 unspecified atom stereocenters. The van der Waals surface area contributed by atoms with Gasteiger partial charge < -0.3 is 4.90 Å².